The minimum absolute atomic E-state index is 0.161. The molecule has 1 spiro atoms. The average Bonchev–Trinajstić information content (AvgIpc) is 3.99. The van der Waals surface area contributed by atoms with Gasteiger partial charge in [0.2, 0.25) is 0 Å². The van der Waals surface area contributed by atoms with E-state index in [-0.39, 0.29) is 10.8 Å². The molecule has 312 valence electrons. The maximum Gasteiger partial charge on any atom is 0.0726 e. The Kier molecular flexibility index (Phi) is 7.51. The van der Waals surface area contributed by atoms with Gasteiger partial charge in [0.25, 0.3) is 0 Å². The largest absolute Gasteiger partial charge is 0.310 e. The van der Waals surface area contributed by atoms with E-state index in [2.05, 4.69) is 245 Å². The normalized spacial score (nSPS) is 15.3. The van der Waals surface area contributed by atoms with Crippen LogP contribution in [0.25, 0.3) is 66.4 Å². The first kappa shape index (κ1) is 37.6. The molecule has 0 amide bonds. The maximum absolute atomic E-state index is 2.60. The highest BCUT2D eigenvalue weighted by Gasteiger charge is 2.52. The van der Waals surface area contributed by atoms with Gasteiger partial charge in [-0.05, 0) is 142 Å². The van der Waals surface area contributed by atoms with E-state index in [9.17, 15) is 0 Å². The molecule has 0 aromatic heterocycles. The maximum atomic E-state index is 2.60. The van der Waals surface area contributed by atoms with Gasteiger partial charge in [0.1, 0.15) is 0 Å². The number of anilines is 3. The van der Waals surface area contributed by atoms with Crippen LogP contribution in [0.5, 0.6) is 0 Å². The number of rotatable bonds is 4. The molecule has 0 saturated heterocycles. The second-order valence-corrected chi connectivity index (χ2v) is 19.9. The lowest BCUT2D eigenvalue weighted by atomic mass is 9.70. The summed E-state index contributed by atoms with van der Waals surface area (Å²) >= 11 is 0. The molecule has 0 bridgehead atoms. The molecule has 0 heterocycles. The Morgan fingerprint density at radius 2 is 0.773 bits per heavy atom. The molecule has 66 heavy (non-hydrogen) atoms. The Balaban J connectivity index is 1.07. The van der Waals surface area contributed by atoms with Gasteiger partial charge in [-0.15, -0.1) is 0 Å². The predicted molar refractivity (Wildman–Crippen MR) is 275 cm³/mol. The fourth-order valence-electron chi connectivity index (χ4n) is 13.2. The molecular formula is C65H47N. The van der Waals surface area contributed by atoms with E-state index in [1.807, 2.05) is 0 Å². The van der Waals surface area contributed by atoms with Crippen LogP contribution in [0, 0.1) is 0 Å². The molecule has 0 N–H and O–H groups in total. The molecule has 0 atom stereocenters. The SMILES string of the molecule is CC1(C)c2ccccc2-c2ccc(N(c3ccc4c(c3)C3(c5ccccc5-c5ccccc53)c3ccccc3-4)c3cccc4c3-c3cc(-c5ccccc5)c5ccccc5c3C4(C)C)cc21. The molecule has 4 aliphatic carbocycles. The van der Waals surface area contributed by atoms with Crippen molar-refractivity contribution in [1.82, 2.24) is 0 Å². The van der Waals surface area contributed by atoms with Crippen LogP contribution in [0.4, 0.5) is 17.1 Å². The first-order chi connectivity index (χ1) is 32.3. The van der Waals surface area contributed by atoms with E-state index >= 15 is 0 Å². The average molecular weight is 842 g/mol. The van der Waals surface area contributed by atoms with Crippen molar-refractivity contribution in [1.29, 1.82) is 0 Å². The summed E-state index contributed by atoms with van der Waals surface area (Å²) in [5.74, 6) is 0. The molecular weight excluding hydrogens is 795 g/mol. The van der Waals surface area contributed by atoms with Crippen molar-refractivity contribution in [3.05, 3.63) is 257 Å². The van der Waals surface area contributed by atoms with Crippen molar-refractivity contribution >= 4 is 27.8 Å². The lowest BCUT2D eigenvalue weighted by Crippen LogP contribution is -2.26. The third-order valence-corrected chi connectivity index (χ3v) is 16.0. The zero-order valence-corrected chi connectivity index (χ0v) is 37.7. The second kappa shape index (κ2) is 13.2. The van der Waals surface area contributed by atoms with Gasteiger partial charge in [-0.25, -0.2) is 0 Å². The standard InChI is InChI=1S/C65H47N/c1-63(2)53-27-14-10-22-44(53)48-35-33-41(37-58(48)63)66(60-32-18-31-57-61(60)52-39-51(40-19-6-5-7-20-40)43-21-8-9-26-50(43)62(52)64(57,3)4)42-34-36-49-47-25-13-17-30-56(47)65(59(49)38-42)54-28-15-11-23-45(54)46-24-12-16-29-55(46)65/h5-39H,1-4H3. The number of hydrogen-bond donors (Lipinski definition) is 0. The van der Waals surface area contributed by atoms with E-state index in [0.717, 1.165) is 11.4 Å². The highest BCUT2D eigenvalue weighted by atomic mass is 15.1. The Morgan fingerprint density at radius 1 is 0.303 bits per heavy atom. The Hall–Kier alpha value is -7.74. The summed E-state index contributed by atoms with van der Waals surface area (Å²) in [5.41, 5.74) is 26.6. The zero-order chi connectivity index (χ0) is 44.1. The fraction of sp³-hybridized carbons (Fsp3) is 0.108. The van der Waals surface area contributed by atoms with Crippen LogP contribution in [0.15, 0.2) is 212 Å². The molecule has 10 aromatic rings. The summed E-state index contributed by atoms with van der Waals surface area (Å²) in [6.07, 6.45) is 0. The van der Waals surface area contributed by atoms with Crippen LogP contribution in [0.3, 0.4) is 0 Å². The van der Waals surface area contributed by atoms with Crippen molar-refractivity contribution in [3.63, 3.8) is 0 Å². The second-order valence-electron chi connectivity index (χ2n) is 19.9. The molecule has 0 aliphatic heterocycles. The molecule has 1 nitrogen and oxygen atoms in total. The lowest BCUT2D eigenvalue weighted by molar-refractivity contribution is 0.660. The van der Waals surface area contributed by atoms with Crippen molar-refractivity contribution in [2.24, 2.45) is 0 Å². The molecule has 10 aromatic carbocycles. The van der Waals surface area contributed by atoms with Gasteiger partial charge in [-0.3, -0.25) is 0 Å². The van der Waals surface area contributed by atoms with Crippen LogP contribution >= 0.6 is 0 Å². The molecule has 4 aliphatic rings. The third kappa shape index (κ3) is 4.70. The Bertz CT molecular complexity index is 3650. The monoisotopic (exact) mass is 841 g/mol. The summed E-state index contributed by atoms with van der Waals surface area (Å²) < 4.78 is 0. The van der Waals surface area contributed by atoms with Gasteiger partial charge in [0.05, 0.1) is 11.1 Å². The predicted octanol–water partition coefficient (Wildman–Crippen LogP) is 16.9. The van der Waals surface area contributed by atoms with Crippen LogP contribution < -0.4 is 4.90 Å². The highest BCUT2D eigenvalue weighted by molar-refractivity contribution is 6.09. The summed E-state index contributed by atoms with van der Waals surface area (Å²) in [5, 5.41) is 2.61. The quantitative estimate of drug-likeness (QED) is 0.171. The fourth-order valence-corrected chi connectivity index (χ4v) is 13.2. The van der Waals surface area contributed by atoms with Crippen LogP contribution in [0.1, 0.15) is 72.2 Å². The zero-order valence-electron chi connectivity index (χ0n) is 37.7. The number of fused-ring (bicyclic) bond motifs is 18. The first-order valence-electron chi connectivity index (χ1n) is 23.5. The molecule has 1 heteroatoms. The van der Waals surface area contributed by atoms with E-state index in [1.165, 1.54) is 117 Å². The van der Waals surface area contributed by atoms with Gasteiger partial charge in [0.15, 0.2) is 0 Å². The van der Waals surface area contributed by atoms with Crippen LogP contribution in [0.2, 0.25) is 0 Å². The van der Waals surface area contributed by atoms with Crippen molar-refractivity contribution in [2.75, 3.05) is 4.90 Å². The number of benzene rings is 10. The minimum atomic E-state index is -0.459. The summed E-state index contributed by atoms with van der Waals surface area (Å²) in [4.78, 5) is 2.60. The van der Waals surface area contributed by atoms with Gasteiger partial charge >= 0.3 is 0 Å². The van der Waals surface area contributed by atoms with Crippen molar-refractivity contribution in [3.8, 4) is 55.6 Å². The molecule has 0 fully saturated rings. The third-order valence-electron chi connectivity index (χ3n) is 16.0. The summed E-state index contributed by atoms with van der Waals surface area (Å²) in [6, 6.07) is 80.6. The molecule has 14 rings (SSSR count). The number of nitrogens with zero attached hydrogens (tertiary/aromatic N) is 1. The smallest absolute Gasteiger partial charge is 0.0726 e. The highest BCUT2D eigenvalue weighted by Crippen LogP contribution is 2.64. The topological polar surface area (TPSA) is 3.24 Å². The minimum Gasteiger partial charge on any atom is -0.310 e. The molecule has 0 radical (unpaired) electrons. The van der Waals surface area contributed by atoms with Gasteiger partial charge in [-0.1, -0.05) is 204 Å². The van der Waals surface area contributed by atoms with E-state index < -0.39 is 5.41 Å². The lowest BCUT2D eigenvalue weighted by Gasteiger charge is -2.33. The molecule has 0 saturated carbocycles. The Labute approximate surface area is 387 Å². The van der Waals surface area contributed by atoms with Gasteiger partial charge in [0, 0.05) is 27.8 Å². The van der Waals surface area contributed by atoms with Gasteiger partial charge < -0.3 is 4.90 Å². The van der Waals surface area contributed by atoms with E-state index in [4.69, 9.17) is 0 Å². The molecule has 0 unspecified atom stereocenters. The van der Waals surface area contributed by atoms with Crippen molar-refractivity contribution in [2.45, 2.75) is 43.9 Å². The number of hydrogen-bond acceptors (Lipinski definition) is 1. The van der Waals surface area contributed by atoms with Crippen LogP contribution in [-0.2, 0) is 16.2 Å². The van der Waals surface area contributed by atoms with Crippen molar-refractivity contribution < 1.29 is 0 Å². The van der Waals surface area contributed by atoms with Crippen LogP contribution in [-0.4, -0.2) is 0 Å². The first-order valence-corrected chi connectivity index (χ1v) is 23.5. The Morgan fingerprint density at radius 3 is 1.39 bits per heavy atom. The van der Waals surface area contributed by atoms with Gasteiger partial charge in [-0.2, -0.15) is 0 Å². The van der Waals surface area contributed by atoms with E-state index in [0.29, 0.717) is 0 Å². The summed E-state index contributed by atoms with van der Waals surface area (Å²) in [7, 11) is 0. The van der Waals surface area contributed by atoms with E-state index in [1.54, 1.807) is 0 Å². The summed E-state index contributed by atoms with van der Waals surface area (Å²) in [6.45, 7) is 9.65.